The first-order valence-electron chi connectivity index (χ1n) is 6.73. The standard InChI is InChI=1S/C14H23F5O2/c1-7-11(3,4)9(2)8-21-12(5,6)10(20)13(15,16)14(17,18)19/h9H,7-8H2,1-6H3. The van der Waals surface area contributed by atoms with Gasteiger partial charge < -0.3 is 4.74 Å². The number of Topliss-reactive ketones (excluding diaryl/α,β-unsaturated/α-hetero) is 1. The van der Waals surface area contributed by atoms with Crippen molar-refractivity contribution >= 4 is 5.78 Å². The molecule has 0 amide bonds. The SMILES string of the molecule is CCC(C)(C)C(C)COC(C)(C)C(=O)C(F)(F)C(F)(F)F. The van der Waals surface area contributed by atoms with Crippen LogP contribution in [0.4, 0.5) is 22.0 Å². The summed E-state index contributed by atoms with van der Waals surface area (Å²) in [5.74, 6) is -7.79. The molecule has 0 heterocycles. The number of rotatable bonds is 7. The lowest BCUT2D eigenvalue weighted by atomic mass is 9.78. The van der Waals surface area contributed by atoms with Gasteiger partial charge in [0.1, 0.15) is 5.60 Å². The van der Waals surface area contributed by atoms with E-state index in [1.54, 1.807) is 6.92 Å². The van der Waals surface area contributed by atoms with Gasteiger partial charge in [-0.25, -0.2) is 0 Å². The number of halogens is 5. The molecule has 1 atom stereocenters. The minimum absolute atomic E-state index is 0.0759. The van der Waals surface area contributed by atoms with Crippen LogP contribution < -0.4 is 0 Å². The molecule has 0 aliphatic heterocycles. The number of hydrogen-bond donors (Lipinski definition) is 0. The molecule has 0 rings (SSSR count). The summed E-state index contributed by atoms with van der Waals surface area (Å²) in [6.07, 6.45) is -5.14. The van der Waals surface area contributed by atoms with E-state index in [-0.39, 0.29) is 17.9 Å². The van der Waals surface area contributed by atoms with Gasteiger partial charge in [-0.2, -0.15) is 22.0 Å². The van der Waals surface area contributed by atoms with Crippen molar-refractivity contribution in [2.45, 2.75) is 65.7 Å². The van der Waals surface area contributed by atoms with Gasteiger partial charge in [-0.05, 0) is 25.2 Å². The third kappa shape index (κ3) is 4.63. The van der Waals surface area contributed by atoms with Crippen molar-refractivity contribution in [3.8, 4) is 0 Å². The highest BCUT2D eigenvalue weighted by Gasteiger charge is 2.66. The normalized spacial score (nSPS) is 16.0. The molecule has 0 aromatic heterocycles. The van der Waals surface area contributed by atoms with Crippen molar-refractivity contribution < 1.29 is 31.5 Å². The van der Waals surface area contributed by atoms with Gasteiger partial charge in [0.15, 0.2) is 0 Å². The van der Waals surface area contributed by atoms with Crippen molar-refractivity contribution in [3.63, 3.8) is 0 Å². The quantitative estimate of drug-likeness (QED) is 0.640. The molecule has 2 nitrogen and oxygen atoms in total. The second-order valence-electron chi connectivity index (χ2n) is 6.47. The average Bonchev–Trinajstić information content (AvgIpc) is 2.33. The number of ketones is 1. The monoisotopic (exact) mass is 318 g/mol. The third-order valence-corrected chi connectivity index (χ3v) is 4.13. The van der Waals surface area contributed by atoms with Gasteiger partial charge in [-0.15, -0.1) is 0 Å². The summed E-state index contributed by atoms with van der Waals surface area (Å²) in [5, 5.41) is 0. The second kappa shape index (κ2) is 6.18. The molecular formula is C14H23F5O2. The Kier molecular flexibility index (Phi) is 5.97. The first kappa shape index (κ1) is 20.3. The largest absolute Gasteiger partial charge is 0.461 e. The van der Waals surface area contributed by atoms with Crippen LogP contribution in [0.1, 0.15) is 48.0 Å². The maximum Gasteiger partial charge on any atom is 0.461 e. The van der Waals surface area contributed by atoms with E-state index in [9.17, 15) is 26.7 Å². The van der Waals surface area contributed by atoms with Crippen LogP contribution in [0.2, 0.25) is 0 Å². The predicted molar refractivity (Wildman–Crippen MR) is 69.3 cm³/mol. The smallest absolute Gasteiger partial charge is 0.367 e. The molecule has 0 aromatic carbocycles. The van der Waals surface area contributed by atoms with Crippen molar-refractivity contribution in [1.82, 2.24) is 0 Å². The average molecular weight is 318 g/mol. The topological polar surface area (TPSA) is 26.3 Å². The van der Waals surface area contributed by atoms with E-state index in [1.807, 2.05) is 20.8 Å². The summed E-state index contributed by atoms with van der Waals surface area (Å²) >= 11 is 0. The number of carbonyl (C=O) groups excluding carboxylic acids is 1. The molecule has 0 aromatic rings. The van der Waals surface area contributed by atoms with Crippen LogP contribution in [0.25, 0.3) is 0 Å². The van der Waals surface area contributed by atoms with Crippen LogP contribution in [-0.2, 0) is 9.53 Å². The first-order chi connectivity index (χ1) is 9.09. The predicted octanol–water partition coefficient (Wildman–Crippen LogP) is 4.62. The molecule has 0 radical (unpaired) electrons. The lowest BCUT2D eigenvalue weighted by molar-refractivity contribution is -0.276. The van der Waals surface area contributed by atoms with Crippen molar-refractivity contribution in [3.05, 3.63) is 0 Å². The molecule has 0 bridgehead atoms. The highest BCUT2D eigenvalue weighted by Crippen LogP contribution is 2.40. The maximum absolute atomic E-state index is 13.1. The van der Waals surface area contributed by atoms with E-state index in [4.69, 9.17) is 4.74 Å². The number of hydrogen-bond acceptors (Lipinski definition) is 2. The highest BCUT2D eigenvalue weighted by molar-refractivity contribution is 5.93. The van der Waals surface area contributed by atoms with Gasteiger partial charge in [-0.1, -0.05) is 34.1 Å². The minimum Gasteiger partial charge on any atom is -0.367 e. The Bertz CT molecular complexity index is 372. The Hall–Kier alpha value is -0.720. The fraction of sp³-hybridized carbons (Fsp3) is 0.929. The highest BCUT2D eigenvalue weighted by atomic mass is 19.4. The molecule has 0 fully saturated rings. The summed E-state index contributed by atoms with van der Waals surface area (Å²) < 4.78 is 68.0. The zero-order valence-corrected chi connectivity index (χ0v) is 13.2. The van der Waals surface area contributed by atoms with Gasteiger partial charge >= 0.3 is 12.1 Å². The summed E-state index contributed by atoms with van der Waals surface area (Å²) in [5.41, 5.74) is -2.39. The fourth-order valence-corrected chi connectivity index (χ4v) is 1.48. The van der Waals surface area contributed by atoms with Gasteiger partial charge in [-0.3, -0.25) is 4.79 Å². The molecule has 21 heavy (non-hydrogen) atoms. The number of ether oxygens (including phenoxy) is 1. The lowest BCUT2D eigenvalue weighted by Gasteiger charge is -2.34. The molecule has 0 aliphatic rings. The van der Waals surface area contributed by atoms with Crippen LogP contribution in [0, 0.1) is 11.3 Å². The second-order valence-corrected chi connectivity index (χ2v) is 6.47. The van der Waals surface area contributed by atoms with Crippen LogP contribution in [0.5, 0.6) is 0 Å². The molecule has 0 saturated carbocycles. The molecule has 0 N–H and O–H groups in total. The van der Waals surface area contributed by atoms with E-state index in [2.05, 4.69) is 0 Å². The molecular weight excluding hydrogens is 295 g/mol. The van der Waals surface area contributed by atoms with Gasteiger partial charge in [0.05, 0.1) is 6.61 Å². The van der Waals surface area contributed by atoms with E-state index in [1.165, 1.54) is 0 Å². The molecule has 0 saturated heterocycles. The van der Waals surface area contributed by atoms with E-state index in [0.717, 1.165) is 20.3 Å². The molecule has 0 aliphatic carbocycles. The van der Waals surface area contributed by atoms with Gasteiger partial charge in [0.25, 0.3) is 0 Å². The Labute approximate surface area is 122 Å². The third-order valence-electron chi connectivity index (χ3n) is 4.13. The van der Waals surface area contributed by atoms with Crippen LogP contribution in [0.3, 0.4) is 0 Å². The van der Waals surface area contributed by atoms with E-state index >= 15 is 0 Å². The molecule has 0 spiro atoms. The van der Waals surface area contributed by atoms with Crippen LogP contribution in [-0.4, -0.2) is 30.1 Å². The summed E-state index contributed by atoms with van der Waals surface area (Å²) in [4.78, 5) is 11.5. The Morgan fingerprint density at radius 2 is 1.48 bits per heavy atom. The van der Waals surface area contributed by atoms with Crippen molar-refractivity contribution in [2.75, 3.05) is 6.61 Å². The zero-order chi connectivity index (χ0) is 17.3. The maximum atomic E-state index is 13.1. The Morgan fingerprint density at radius 3 is 1.81 bits per heavy atom. The zero-order valence-electron chi connectivity index (χ0n) is 13.2. The summed E-state index contributed by atoms with van der Waals surface area (Å²) in [6.45, 7) is 9.38. The molecule has 126 valence electrons. The summed E-state index contributed by atoms with van der Waals surface area (Å²) in [6, 6.07) is 0. The minimum atomic E-state index is -5.92. The number of carbonyl (C=O) groups is 1. The summed E-state index contributed by atoms with van der Waals surface area (Å²) in [7, 11) is 0. The van der Waals surface area contributed by atoms with E-state index in [0.29, 0.717) is 0 Å². The number of alkyl halides is 5. The lowest BCUT2D eigenvalue weighted by Crippen LogP contribution is -2.54. The Morgan fingerprint density at radius 1 is 1.05 bits per heavy atom. The van der Waals surface area contributed by atoms with Crippen LogP contribution in [0.15, 0.2) is 0 Å². The van der Waals surface area contributed by atoms with Crippen molar-refractivity contribution in [1.29, 1.82) is 0 Å². The fourth-order valence-electron chi connectivity index (χ4n) is 1.48. The molecule has 1 unspecified atom stereocenters. The van der Waals surface area contributed by atoms with Crippen LogP contribution >= 0.6 is 0 Å². The Balaban J connectivity index is 4.97. The van der Waals surface area contributed by atoms with Crippen molar-refractivity contribution in [2.24, 2.45) is 11.3 Å². The van der Waals surface area contributed by atoms with E-state index < -0.39 is 23.5 Å². The first-order valence-corrected chi connectivity index (χ1v) is 6.73. The van der Waals surface area contributed by atoms with Gasteiger partial charge in [0.2, 0.25) is 5.78 Å². The molecule has 7 heteroatoms. The van der Waals surface area contributed by atoms with Gasteiger partial charge in [0, 0.05) is 0 Å².